The topological polar surface area (TPSA) is 183 Å². The average Bonchev–Trinajstić information content (AvgIpc) is 3.78. The molecule has 2 aromatic heterocycles. The van der Waals surface area contributed by atoms with Gasteiger partial charge >= 0.3 is 6.09 Å². The monoisotopic (exact) mass is 656 g/mol. The van der Waals surface area contributed by atoms with E-state index in [0.717, 1.165) is 47.7 Å². The third-order valence-electron chi connectivity index (χ3n) is 8.87. The number of aromatic nitrogens is 1. The van der Waals surface area contributed by atoms with Gasteiger partial charge in [0, 0.05) is 41.9 Å². The second-order valence-corrected chi connectivity index (χ2v) is 12.3. The summed E-state index contributed by atoms with van der Waals surface area (Å²) in [6.45, 7) is 0.760. The van der Waals surface area contributed by atoms with Crippen LogP contribution in [0.1, 0.15) is 73.0 Å². The number of para-hydroxylation sites is 1. The fourth-order valence-electron chi connectivity index (χ4n) is 6.28. The predicted octanol–water partition coefficient (Wildman–Crippen LogP) is 5.17. The number of fused-ring (bicyclic) bond motifs is 1. The number of rotatable bonds is 15. The number of amides is 4. The first-order chi connectivity index (χ1) is 23.3. The summed E-state index contributed by atoms with van der Waals surface area (Å²) in [6, 6.07) is 16.9. The first-order valence-electron chi connectivity index (χ1n) is 16.6. The molecule has 0 radical (unpaired) electrons. The van der Waals surface area contributed by atoms with E-state index in [4.69, 9.17) is 10.2 Å². The number of nitrogens with two attached hydrogens (primary N) is 1. The van der Waals surface area contributed by atoms with Crippen molar-refractivity contribution in [3.63, 3.8) is 0 Å². The van der Waals surface area contributed by atoms with Gasteiger partial charge in [0.25, 0.3) is 5.91 Å². The third-order valence-corrected chi connectivity index (χ3v) is 8.87. The molecule has 254 valence electrons. The summed E-state index contributed by atoms with van der Waals surface area (Å²) in [7, 11) is 0. The van der Waals surface area contributed by atoms with Crippen LogP contribution in [-0.4, -0.2) is 63.5 Å². The van der Waals surface area contributed by atoms with Crippen molar-refractivity contribution in [3.05, 3.63) is 90.0 Å². The first-order valence-corrected chi connectivity index (χ1v) is 16.6. The molecule has 4 amide bonds. The number of nitrogens with one attached hydrogen (secondary N) is 4. The van der Waals surface area contributed by atoms with E-state index in [2.05, 4.69) is 20.9 Å². The van der Waals surface area contributed by atoms with Crippen molar-refractivity contribution in [1.29, 1.82) is 0 Å². The van der Waals surface area contributed by atoms with Crippen LogP contribution in [0.5, 0.6) is 0 Å². The molecule has 0 bridgehead atoms. The second-order valence-electron chi connectivity index (χ2n) is 12.3. The summed E-state index contributed by atoms with van der Waals surface area (Å²) in [5, 5.41) is 18.3. The van der Waals surface area contributed by atoms with E-state index in [1.54, 1.807) is 24.3 Å². The highest BCUT2D eigenvalue weighted by atomic mass is 16.4. The number of anilines is 1. The van der Waals surface area contributed by atoms with Crippen molar-refractivity contribution in [2.24, 2.45) is 5.73 Å². The van der Waals surface area contributed by atoms with E-state index in [1.807, 2.05) is 47.5 Å². The maximum Gasteiger partial charge on any atom is 0.405 e. The zero-order valence-corrected chi connectivity index (χ0v) is 27.0. The Kier molecular flexibility index (Phi) is 11.9. The van der Waals surface area contributed by atoms with Crippen molar-refractivity contribution < 1.29 is 28.7 Å². The minimum atomic E-state index is -1.30. The van der Waals surface area contributed by atoms with Crippen LogP contribution in [0.2, 0.25) is 0 Å². The van der Waals surface area contributed by atoms with Crippen LogP contribution in [0.4, 0.5) is 10.5 Å². The Hall–Kier alpha value is -5.10. The zero-order chi connectivity index (χ0) is 33.9. The normalized spacial score (nSPS) is 14.6. The van der Waals surface area contributed by atoms with E-state index in [1.165, 1.54) is 12.7 Å². The standard InChI is InChI=1S/C36H44N6O6/c37-29(21-25-22-39-30-12-5-4-11-28(25)30)33(43)38-19-7-6-13-31(41-36(46)47)34(44)40-26-17-15-24(16-18-26)23-42(27-9-2-1-3-10-27)35(45)32-14-8-20-48-32/h4-5,8,11-12,14-18,20,22,27,29,31,39,41H,1-3,6-7,9-10,13,19,21,23,37H2,(H,38,43)(H,40,44)(H,46,47)/t29-,31-/m0/s1. The van der Waals surface area contributed by atoms with Gasteiger partial charge in [-0.2, -0.15) is 0 Å². The van der Waals surface area contributed by atoms with Crippen molar-refractivity contribution in [2.45, 2.75) is 82.5 Å². The van der Waals surface area contributed by atoms with Gasteiger partial charge in [0.2, 0.25) is 11.8 Å². The number of benzene rings is 2. The number of H-pyrrole nitrogens is 1. The average molecular weight is 657 g/mol. The Balaban J connectivity index is 1.08. The third kappa shape index (κ3) is 9.25. The Morgan fingerprint density at radius 2 is 1.73 bits per heavy atom. The first kappa shape index (κ1) is 34.2. The van der Waals surface area contributed by atoms with Crippen molar-refractivity contribution in [1.82, 2.24) is 20.5 Å². The predicted molar refractivity (Wildman–Crippen MR) is 182 cm³/mol. The SMILES string of the molecule is N[C@@H](Cc1c[nH]c2ccccc12)C(=O)NCCCC[C@H](NC(=O)O)C(=O)Nc1ccc(CN(C(=O)c2ccco2)C2CCCCC2)cc1. The van der Waals surface area contributed by atoms with E-state index < -0.39 is 24.1 Å². The summed E-state index contributed by atoms with van der Waals surface area (Å²) < 4.78 is 5.40. The lowest BCUT2D eigenvalue weighted by Gasteiger charge is -2.34. The van der Waals surface area contributed by atoms with Crippen LogP contribution in [0.15, 0.2) is 77.5 Å². The smallest absolute Gasteiger partial charge is 0.405 e. The molecule has 0 spiro atoms. The van der Waals surface area contributed by atoms with Crippen LogP contribution in [0.25, 0.3) is 10.9 Å². The Bertz CT molecular complexity index is 1660. The summed E-state index contributed by atoms with van der Waals surface area (Å²) >= 11 is 0. The van der Waals surface area contributed by atoms with Gasteiger partial charge in [-0.3, -0.25) is 14.4 Å². The van der Waals surface area contributed by atoms with Crippen LogP contribution < -0.4 is 21.7 Å². The molecule has 0 saturated heterocycles. The number of carbonyl (C=O) groups excluding carboxylic acids is 3. The van der Waals surface area contributed by atoms with Gasteiger partial charge in [0.15, 0.2) is 5.76 Å². The number of hydrogen-bond donors (Lipinski definition) is 6. The highest BCUT2D eigenvalue weighted by Crippen LogP contribution is 2.26. The number of hydrogen-bond acceptors (Lipinski definition) is 6. The molecule has 1 saturated carbocycles. The van der Waals surface area contributed by atoms with E-state index >= 15 is 0 Å². The maximum atomic E-state index is 13.3. The Labute approximate surface area is 279 Å². The molecule has 5 rings (SSSR count). The Morgan fingerprint density at radius 3 is 2.46 bits per heavy atom. The van der Waals surface area contributed by atoms with Gasteiger partial charge in [0.1, 0.15) is 6.04 Å². The summed E-state index contributed by atoms with van der Waals surface area (Å²) in [5.74, 6) is -0.575. The molecule has 12 heteroatoms. The van der Waals surface area contributed by atoms with E-state index in [-0.39, 0.29) is 24.3 Å². The van der Waals surface area contributed by atoms with Gasteiger partial charge in [-0.15, -0.1) is 0 Å². The molecule has 2 aromatic carbocycles. The molecule has 48 heavy (non-hydrogen) atoms. The molecule has 1 fully saturated rings. The van der Waals surface area contributed by atoms with Gasteiger partial charge in [0.05, 0.1) is 12.3 Å². The van der Waals surface area contributed by atoms with Crippen LogP contribution in [-0.2, 0) is 22.6 Å². The molecule has 0 unspecified atom stereocenters. The molecule has 12 nitrogen and oxygen atoms in total. The largest absolute Gasteiger partial charge is 0.465 e. The minimum Gasteiger partial charge on any atom is -0.465 e. The molecule has 2 atom stereocenters. The summed E-state index contributed by atoms with van der Waals surface area (Å²) in [4.78, 5) is 55.4. The molecule has 1 aliphatic rings. The Morgan fingerprint density at radius 1 is 0.958 bits per heavy atom. The lowest BCUT2D eigenvalue weighted by molar-refractivity contribution is -0.122. The van der Waals surface area contributed by atoms with Crippen LogP contribution >= 0.6 is 0 Å². The molecule has 1 aliphatic carbocycles. The molecule has 0 aliphatic heterocycles. The highest BCUT2D eigenvalue weighted by molar-refractivity contribution is 5.96. The fraction of sp³-hybridized carbons (Fsp3) is 0.389. The van der Waals surface area contributed by atoms with E-state index in [9.17, 15) is 24.3 Å². The number of carbonyl (C=O) groups is 4. The van der Waals surface area contributed by atoms with Gasteiger partial charge in [-0.25, -0.2) is 4.79 Å². The maximum absolute atomic E-state index is 13.3. The number of carboxylic acid groups (broad SMARTS) is 1. The number of unbranched alkanes of at least 4 members (excludes halogenated alkanes) is 1. The number of furan rings is 1. The summed E-state index contributed by atoms with van der Waals surface area (Å²) in [6.07, 6.45) is 8.97. The fourth-order valence-corrected chi connectivity index (χ4v) is 6.28. The molecule has 4 aromatic rings. The number of nitrogens with zero attached hydrogens (tertiary/aromatic N) is 1. The van der Waals surface area contributed by atoms with Gasteiger partial charge in [-0.05, 0) is 80.0 Å². The van der Waals surface area contributed by atoms with Crippen molar-refractivity contribution in [3.8, 4) is 0 Å². The molecular weight excluding hydrogens is 612 g/mol. The quantitative estimate of drug-likeness (QED) is 0.0954. The summed E-state index contributed by atoms with van der Waals surface area (Å²) in [5.41, 5.74) is 9.53. The van der Waals surface area contributed by atoms with Crippen LogP contribution in [0, 0.1) is 0 Å². The lowest BCUT2D eigenvalue weighted by atomic mass is 9.93. The van der Waals surface area contributed by atoms with E-state index in [0.29, 0.717) is 43.8 Å². The van der Waals surface area contributed by atoms with Crippen molar-refractivity contribution in [2.75, 3.05) is 11.9 Å². The van der Waals surface area contributed by atoms with Gasteiger partial charge in [-0.1, -0.05) is 49.6 Å². The zero-order valence-electron chi connectivity index (χ0n) is 27.0. The highest BCUT2D eigenvalue weighted by Gasteiger charge is 2.28. The molecular formula is C36H44N6O6. The second kappa shape index (κ2) is 16.6. The molecule has 2 heterocycles. The van der Waals surface area contributed by atoms with Gasteiger partial charge < -0.3 is 41.1 Å². The minimum absolute atomic E-state index is 0.133. The lowest BCUT2D eigenvalue weighted by Crippen LogP contribution is -2.43. The van der Waals surface area contributed by atoms with Crippen LogP contribution in [0.3, 0.4) is 0 Å². The molecule has 7 N–H and O–H groups in total. The number of aromatic amines is 1. The van der Waals surface area contributed by atoms with Crippen molar-refractivity contribution >= 4 is 40.4 Å².